The van der Waals surface area contributed by atoms with Gasteiger partial charge in [0.1, 0.15) is 15.9 Å². The highest BCUT2D eigenvalue weighted by Gasteiger charge is 2.33. The van der Waals surface area contributed by atoms with Crippen LogP contribution in [0.4, 0.5) is 0 Å². The largest absolute Gasteiger partial charge is 0.344 e. The van der Waals surface area contributed by atoms with Crippen molar-refractivity contribution in [3.05, 3.63) is 38.8 Å². The van der Waals surface area contributed by atoms with Crippen molar-refractivity contribution in [2.45, 2.75) is 19.4 Å². The molecule has 24 heavy (non-hydrogen) atoms. The first-order valence-corrected chi connectivity index (χ1v) is 8.20. The molecule has 0 saturated carbocycles. The number of thiophene rings is 1. The molecule has 0 bridgehead atoms. The molecular formula is C14H14N6O3S. The number of H-pyrrole nitrogens is 1. The van der Waals surface area contributed by atoms with Crippen molar-refractivity contribution in [1.29, 1.82) is 0 Å². The standard InChI is InChI=1S/C14H14N6O3S/c1-7-9-10(24-13(7)20-15-4-5-16-20)17-14(23)19(12(9)22)8-3-6-18(2)11(8)21/h4-5,8H,3,6H2,1-2H3,(H,17,23)/t8-/m1/s1. The molecule has 0 radical (unpaired) electrons. The molecule has 3 aromatic heterocycles. The number of carbonyl (C=O) groups excluding carboxylic acids is 1. The second kappa shape index (κ2) is 5.13. The monoisotopic (exact) mass is 346 g/mol. The molecule has 1 N–H and O–H groups in total. The fourth-order valence-electron chi connectivity index (χ4n) is 3.06. The molecule has 1 saturated heterocycles. The number of hydrogen-bond donors (Lipinski definition) is 1. The van der Waals surface area contributed by atoms with E-state index in [-0.39, 0.29) is 5.91 Å². The van der Waals surface area contributed by atoms with E-state index in [0.717, 1.165) is 4.57 Å². The average Bonchev–Trinajstić information content (AvgIpc) is 3.23. The van der Waals surface area contributed by atoms with Crippen LogP contribution in [0, 0.1) is 6.92 Å². The molecule has 1 atom stereocenters. The van der Waals surface area contributed by atoms with E-state index in [1.165, 1.54) is 33.4 Å². The van der Waals surface area contributed by atoms with E-state index in [0.29, 0.717) is 33.7 Å². The van der Waals surface area contributed by atoms with E-state index >= 15 is 0 Å². The van der Waals surface area contributed by atoms with Crippen LogP contribution >= 0.6 is 11.3 Å². The summed E-state index contributed by atoms with van der Waals surface area (Å²) in [4.78, 5) is 43.7. The van der Waals surface area contributed by atoms with Gasteiger partial charge in [-0.3, -0.25) is 14.6 Å². The Balaban J connectivity index is 1.98. The molecule has 0 unspecified atom stereocenters. The minimum absolute atomic E-state index is 0.219. The number of aromatic amines is 1. The van der Waals surface area contributed by atoms with Gasteiger partial charge in [-0.25, -0.2) is 9.36 Å². The van der Waals surface area contributed by atoms with Gasteiger partial charge in [0.15, 0.2) is 0 Å². The van der Waals surface area contributed by atoms with Crippen LogP contribution in [0.5, 0.6) is 0 Å². The van der Waals surface area contributed by atoms with E-state index in [1.54, 1.807) is 14.0 Å². The third-order valence-corrected chi connectivity index (χ3v) is 5.48. The zero-order chi connectivity index (χ0) is 17.0. The third-order valence-electron chi connectivity index (χ3n) is 4.30. The molecule has 1 fully saturated rings. The lowest BCUT2D eigenvalue weighted by atomic mass is 10.2. The van der Waals surface area contributed by atoms with Gasteiger partial charge in [-0.05, 0) is 13.3 Å². The number of likely N-dealkylation sites (tertiary alicyclic amines) is 1. The number of nitrogens with one attached hydrogen (secondary N) is 1. The van der Waals surface area contributed by atoms with Gasteiger partial charge in [0, 0.05) is 19.2 Å². The predicted octanol–water partition coefficient (Wildman–Crippen LogP) is 0.0436. The van der Waals surface area contributed by atoms with E-state index in [2.05, 4.69) is 15.2 Å². The lowest BCUT2D eigenvalue weighted by molar-refractivity contribution is -0.129. The van der Waals surface area contributed by atoms with Crippen LogP contribution in [0.1, 0.15) is 18.0 Å². The Kier molecular flexibility index (Phi) is 3.17. The third kappa shape index (κ3) is 1.96. The molecule has 10 heteroatoms. The second-order valence-electron chi connectivity index (χ2n) is 5.72. The Morgan fingerprint density at radius 2 is 1.96 bits per heavy atom. The van der Waals surface area contributed by atoms with Gasteiger partial charge in [-0.2, -0.15) is 10.2 Å². The van der Waals surface area contributed by atoms with Crippen LogP contribution < -0.4 is 11.2 Å². The fraction of sp³-hybridized carbons (Fsp3) is 0.357. The molecular weight excluding hydrogens is 332 g/mol. The molecule has 4 heterocycles. The maximum Gasteiger partial charge on any atom is 0.330 e. The van der Waals surface area contributed by atoms with Gasteiger partial charge in [0.05, 0.1) is 17.8 Å². The summed E-state index contributed by atoms with van der Waals surface area (Å²) in [7, 11) is 1.66. The first kappa shape index (κ1) is 14.8. The molecule has 0 spiro atoms. The quantitative estimate of drug-likeness (QED) is 0.705. The Morgan fingerprint density at radius 1 is 1.25 bits per heavy atom. The summed E-state index contributed by atoms with van der Waals surface area (Å²) < 4.78 is 1.04. The average molecular weight is 346 g/mol. The Morgan fingerprint density at radius 3 is 2.58 bits per heavy atom. The van der Waals surface area contributed by atoms with E-state index < -0.39 is 17.3 Å². The Hall–Kier alpha value is -2.75. The molecule has 4 rings (SSSR count). The van der Waals surface area contributed by atoms with Gasteiger partial charge >= 0.3 is 5.69 Å². The summed E-state index contributed by atoms with van der Waals surface area (Å²) in [5.41, 5.74) is -0.336. The molecule has 1 amide bonds. The highest BCUT2D eigenvalue weighted by atomic mass is 32.1. The zero-order valence-electron chi connectivity index (χ0n) is 13.0. The van der Waals surface area contributed by atoms with Crippen molar-refractivity contribution in [2.24, 2.45) is 0 Å². The van der Waals surface area contributed by atoms with Gasteiger partial charge in [0.25, 0.3) is 5.56 Å². The van der Waals surface area contributed by atoms with Gasteiger partial charge in [0.2, 0.25) is 5.91 Å². The Bertz CT molecular complexity index is 1060. The normalized spacial score (nSPS) is 18.0. The lowest BCUT2D eigenvalue weighted by Gasteiger charge is -2.12. The molecule has 0 aromatic carbocycles. The summed E-state index contributed by atoms with van der Waals surface area (Å²) in [5, 5.41) is 9.20. The highest BCUT2D eigenvalue weighted by Crippen LogP contribution is 2.29. The number of amides is 1. The van der Waals surface area contributed by atoms with Crippen LogP contribution in [0.3, 0.4) is 0 Å². The molecule has 1 aliphatic heterocycles. The SMILES string of the molecule is Cc1c(-n2nccn2)sc2[nH]c(=O)n([C@@H]3CCN(C)C3=O)c(=O)c12. The van der Waals surface area contributed by atoms with Crippen LogP contribution in [0.25, 0.3) is 15.2 Å². The second-order valence-corrected chi connectivity index (χ2v) is 6.72. The number of likely N-dealkylation sites (N-methyl/N-ethyl adjacent to an activating group) is 1. The first-order chi connectivity index (χ1) is 11.5. The van der Waals surface area contributed by atoms with E-state index in [1.807, 2.05) is 0 Å². The maximum atomic E-state index is 12.9. The number of hydrogen-bond acceptors (Lipinski definition) is 6. The summed E-state index contributed by atoms with van der Waals surface area (Å²) in [5.74, 6) is -0.219. The minimum Gasteiger partial charge on any atom is -0.344 e. The molecule has 3 aromatic rings. The van der Waals surface area contributed by atoms with Crippen molar-refractivity contribution >= 4 is 27.5 Å². The van der Waals surface area contributed by atoms with Crippen molar-refractivity contribution in [1.82, 2.24) is 29.4 Å². The molecule has 1 aliphatic rings. The summed E-state index contributed by atoms with van der Waals surface area (Å²) in [6, 6.07) is -0.749. The maximum absolute atomic E-state index is 12.9. The number of nitrogens with zero attached hydrogens (tertiary/aromatic N) is 5. The minimum atomic E-state index is -0.749. The fourth-order valence-corrected chi connectivity index (χ4v) is 4.16. The number of carbonyl (C=O) groups is 1. The van der Waals surface area contributed by atoms with E-state index in [9.17, 15) is 14.4 Å². The number of rotatable bonds is 2. The number of fused-ring (bicyclic) bond motifs is 1. The van der Waals surface area contributed by atoms with E-state index in [4.69, 9.17) is 0 Å². The van der Waals surface area contributed by atoms with Crippen LogP contribution in [-0.2, 0) is 4.79 Å². The summed E-state index contributed by atoms with van der Waals surface area (Å²) in [6.07, 6.45) is 3.52. The van der Waals surface area contributed by atoms with Gasteiger partial charge in [-0.1, -0.05) is 11.3 Å². The number of aromatic nitrogens is 5. The van der Waals surface area contributed by atoms with Crippen LogP contribution in [-0.4, -0.2) is 48.9 Å². The summed E-state index contributed by atoms with van der Waals surface area (Å²) in [6.45, 7) is 2.31. The molecule has 0 aliphatic carbocycles. The van der Waals surface area contributed by atoms with Crippen molar-refractivity contribution in [3.8, 4) is 5.00 Å². The predicted molar refractivity (Wildman–Crippen MR) is 87.7 cm³/mol. The van der Waals surface area contributed by atoms with Gasteiger partial charge in [-0.15, -0.1) is 4.80 Å². The lowest BCUT2D eigenvalue weighted by Crippen LogP contribution is -2.40. The zero-order valence-corrected chi connectivity index (χ0v) is 13.8. The molecule has 9 nitrogen and oxygen atoms in total. The van der Waals surface area contributed by atoms with Crippen molar-refractivity contribution < 1.29 is 4.79 Å². The topological polar surface area (TPSA) is 106 Å². The van der Waals surface area contributed by atoms with Gasteiger partial charge < -0.3 is 4.90 Å². The van der Waals surface area contributed by atoms with Crippen LogP contribution in [0.2, 0.25) is 0 Å². The number of aryl methyl sites for hydroxylation is 1. The van der Waals surface area contributed by atoms with Crippen LogP contribution in [0.15, 0.2) is 22.0 Å². The van der Waals surface area contributed by atoms with Crippen molar-refractivity contribution in [3.63, 3.8) is 0 Å². The van der Waals surface area contributed by atoms with Crippen molar-refractivity contribution in [2.75, 3.05) is 13.6 Å². The smallest absolute Gasteiger partial charge is 0.330 e. The Labute approximate surface area is 139 Å². The highest BCUT2D eigenvalue weighted by molar-refractivity contribution is 7.21. The first-order valence-electron chi connectivity index (χ1n) is 7.38. The molecule has 124 valence electrons. The summed E-state index contributed by atoms with van der Waals surface area (Å²) >= 11 is 1.24.